The molecule has 0 aliphatic rings. The van der Waals surface area contributed by atoms with Crippen molar-refractivity contribution in [1.29, 1.82) is 0 Å². The van der Waals surface area contributed by atoms with Crippen molar-refractivity contribution in [2.45, 2.75) is 5.22 Å². The lowest BCUT2D eigenvalue weighted by molar-refractivity contribution is -0.384. The summed E-state index contributed by atoms with van der Waals surface area (Å²) < 4.78 is 31.4. The molecule has 0 aliphatic carbocycles. The van der Waals surface area contributed by atoms with Gasteiger partial charge in [0.1, 0.15) is 0 Å². The number of carbonyl (C=O) groups is 1. The number of halogens is 2. The minimum atomic E-state index is -1.11. The molecule has 0 spiro atoms. The summed E-state index contributed by atoms with van der Waals surface area (Å²) in [6.45, 7) is 0. The van der Waals surface area contributed by atoms with Crippen molar-refractivity contribution in [3.63, 3.8) is 0 Å². The molecule has 7 nitrogen and oxygen atoms in total. The molecule has 0 unspecified atom stereocenters. The van der Waals surface area contributed by atoms with Gasteiger partial charge in [-0.25, -0.2) is 8.78 Å². The highest BCUT2D eigenvalue weighted by molar-refractivity contribution is 7.99. The van der Waals surface area contributed by atoms with Crippen LogP contribution in [0.2, 0.25) is 0 Å². The number of carbonyl (C=O) groups excluding carboxylic acids is 1. The summed E-state index contributed by atoms with van der Waals surface area (Å²) in [7, 11) is 0. The summed E-state index contributed by atoms with van der Waals surface area (Å²) in [4.78, 5) is 22.3. The van der Waals surface area contributed by atoms with Crippen molar-refractivity contribution < 1.29 is 22.9 Å². The standard InChI is InChI=1S/C16H9F2N3O4S/c17-12-5-4-9(7-13(12)18)14(22)8-26-16-20-19-15(25-16)10-2-1-3-11(6-10)21(23)24/h1-7H,8H2. The van der Waals surface area contributed by atoms with Gasteiger partial charge in [0.15, 0.2) is 17.4 Å². The number of rotatable bonds is 6. The van der Waals surface area contributed by atoms with Gasteiger partial charge >= 0.3 is 0 Å². The first-order chi connectivity index (χ1) is 12.4. The van der Waals surface area contributed by atoms with Gasteiger partial charge in [-0.1, -0.05) is 17.8 Å². The first-order valence-electron chi connectivity index (χ1n) is 7.13. The molecule has 0 fully saturated rings. The zero-order valence-corrected chi connectivity index (χ0v) is 13.7. The van der Waals surface area contributed by atoms with E-state index in [1.807, 2.05) is 0 Å². The highest BCUT2D eigenvalue weighted by Crippen LogP contribution is 2.26. The van der Waals surface area contributed by atoms with Gasteiger partial charge in [0, 0.05) is 23.3 Å². The van der Waals surface area contributed by atoms with Crippen LogP contribution in [0.1, 0.15) is 10.4 Å². The molecule has 2 aromatic carbocycles. The Labute approximate surface area is 149 Å². The molecular formula is C16H9F2N3O4S. The SMILES string of the molecule is O=C(CSc1nnc(-c2cccc([N+](=O)[O-])c2)o1)c1ccc(F)c(F)c1. The summed E-state index contributed by atoms with van der Waals surface area (Å²) in [5.41, 5.74) is 0.267. The van der Waals surface area contributed by atoms with Gasteiger partial charge in [-0.05, 0) is 24.3 Å². The number of aromatic nitrogens is 2. The Morgan fingerprint density at radius 2 is 1.96 bits per heavy atom. The maximum absolute atomic E-state index is 13.2. The van der Waals surface area contributed by atoms with Crippen molar-refractivity contribution >= 4 is 23.2 Å². The average Bonchev–Trinajstić information content (AvgIpc) is 3.11. The van der Waals surface area contributed by atoms with Gasteiger partial charge in [-0.2, -0.15) is 0 Å². The largest absolute Gasteiger partial charge is 0.411 e. The topological polar surface area (TPSA) is 99.1 Å². The number of Topliss-reactive ketones (excluding diaryl/α,β-unsaturated/α-hetero) is 1. The first kappa shape index (κ1) is 17.7. The number of ketones is 1. The first-order valence-corrected chi connectivity index (χ1v) is 8.12. The van der Waals surface area contributed by atoms with Crippen molar-refractivity contribution in [1.82, 2.24) is 10.2 Å². The number of hydrogen-bond donors (Lipinski definition) is 0. The molecule has 0 bridgehead atoms. The fourth-order valence-electron chi connectivity index (χ4n) is 2.02. The zero-order valence-electron chi connectivity index (χ0n) is 12.9. The molecule has 0 atom stereocenters. The van der Waals surface area contributed by atoms with E-state index in [-0.39, 0.29) is 28.1 Å². The van der Waals surface area contributed by atoms with E-state index in [9.17, 15) is 23.7 Å². The lowest BCUT2D eigenvalue weighted by atomic mass is 10.1. The highest BCUT2D eigenvalue weighted by atomic mass is 32.2. The Balaban J connectivity index is 1.69. The molecule has 10 heteroatoms. The minimum Gasteiger partial charge on any atom is -0.411 e. The summed E-state index contributed by atoms with van der Waals surface area (Å²) in [6.07, 6.45) is 0. The van der Waals surface area contributed by atoms with E-state index in [1.165, 1.54) is 24.3 Å². The van der Waals surface area contributed by atoms with Crippen LogP contribution in [0.4, 0.5) is 14.5 Å². The third-order valence-corrected chi connectivity index (χ3v) is 4.10. The molecule has 26 heavy (non-hydrogen) atoms. The van der Waals surface area contributed by atoms with Crippen molar-refractivity contribution in [3.05, 3.63) is 69.8 Å². The predicted molar refractivity (Wildman–Crippen MR) is 87.8 cm³/mol. The Kier molecular flexibility index (Phi) is 5.03. The van der Waals surface area contributed by atoms with Gasteiger partial charge in [-0.3, -0.25) is 14.9 Å². The van der Waals surface area contributed by atoms with E-state index in [0.29, 0.717) is 5.56 Å². The van der Waals surface area contributed by atoms with E-state index in [1.54, 1.807) is 6.07 Å². The average molecular weight is 377 g/mol. The second-order valence-electron chi connectivity index (χ2n) is 5.02. The van der Waals surface area contributed by atoms with Crippen LogP contribution < -0.4 is 0 Å². The fourth-order valence-corrected chi connectivity index (χ4v) is 2.68. The molecule has 0 amide bonds. The highest BCUT2D eigenvalue weighted by Gasteiger charge is 2.15. The lowest BCUT2D eigenvalue weighted by Crippen LogP contribution is -2.03. The van der Waals surface area contributed by atoms with Crippen molar-refractivity contribution in [2.24, 2.45) is 0 Å². The second-order valence-corrected chi connectivity index (χ2v) is 5.95. The maximum Gasteiger partial charge on any atom is 0.277 e. The van der Waals surface area contributed by atoms with Gasteiger partial charge in [0.25, 0.3) is 10.9 Å². The van der Waals surface area contributed by atoms with Gasteiger partial charge in [0.2, 0.25) is 5.89 Å². The molecule has 0 aliphatic heterocycles. The smallest absolute Gasteiger partial charge is 0.277 e. The number of non-ortho nitro benzene ring substituents is 1. The number of nitro groups is 1. The normalized spacial score (nSPS) is 10.7. The number of thioether (sulfide) groups is 1. The second kappa shape index (κ2) is 7.40. The lowest BCUT2D eigenvalue weighted by Gasteiger charge is -2.00. The van der Waals surface area contributed by atoms with Gasteiger partial charge in [-0.15, -0.1) is 10.2 Å². The molecule has 1 aromatic heterocycles. The molecular weight excluding hydrogens is 368 g/mol. The molecule has 0 radical (unpaired) electrons. The fraction of sp³-hybridized carbons (Fsp3) is 0.0625. The van der Waals surface area contributed by atoms with Crippen LogP contribution in [0.5, 0.6) is 0 Å². The third-order valence-electron chi connectivity index (χ3n) is 3.28. The van der Waals surface area contributed by atoms with Crippen LogP contribution in [-0.4, -0.2) is 26.7 Å². The van der Waals surface area contributed by atoms with Crippen LogP contribution in [0, 0.1) is 21.7 Å². The number of nitro benzene ring substituents is 1. The number of hydrogen-bond acceptors (Lipinski definition) is 7. The monoisotopic (exact) mass is 377 g/mol. The van der Waals surface area contributed by atoms with Crippen molar-refractivity contribution in [3.8, 4) is 11.5 Å². The summed E-state index contributed by atoms with van der Waals surface area (Å²) in [6, 6.07) is 8.55. The molecule has 3 aromatic rings. The van der Waals surface area contributed by atoms with Crippen LogP contribution >= 0.6 is 11.8 Å². The van der Waals surface area contributed by atoms with Crippen LogP contribution in [0.3, 0.4) is 0 Å². The molecule has 3 rings (SSSR count). The molecule has 0 saturated carbocycles. The van der Waals surface area contributed by atoms with Crippen molar-refractivity contribution in [2.75, 3.05) is 5.75 Å². The zero-order chi connectivity index (χ0) is 18.7. The van der Waals surface area contributed by atoms with Crippen LogP contribution in [0.25, 0.3) is 11.5 Å². The van der Waals surface area contributed by atoms with Crippen LogP contribution in [0.15, 0.2) is 52.1 Å². The Hall–Kier alpha value is -3.14. The number of benzene rings is 2. The van der Waals surface area contributed by atoms with Gasteiger partial charge < -0.3 is 4.42 Å². The van der Waals surface area contributed by atoms with E-state index in [2.05, 4.69) is 10.2 Å². The Morgan fingerprint density at radius 3 is 2.69 bits per heavy atom. The summed E-state index contributed by atoms with van der Waals surface area (Å²) in [5, 5.41) is 18.4. The number of nitrogens with zero attached hydrogens (tertiary/aromatic N) is 3. The molecule has 1 heterocycles. The predicted octanol–water partition coefficient (Wildman–Crippen LogP) is 3.90. The quantitative estimate of drug-likeness (QED) is 0.278. The Bertz CT molecular complexity index is 993. The Morgan fingerprint density at radius 1 is 1.15 bits per heavy atom. The summed E-state index contributed by atoms with van der Waals surface area (Å²) >= 11 is 0.920. The van der Waals surface area contributed by atoms with E-state index < -0.39 is 22.3 Å². The van der Waals surface area contributed by atoms with E-state index in [0.717, 1.165) is 23.9 Å². The van der Waals surface area contributed by atoms with Gasteiger partial charge in [0.05, 0.1) is 10.7 Å². The summed E-state index contributed by atoms with van der Waals surface area (Å²) in [5.74, 6) is -2.64. The minimum absolute atomic E-state index is 0.0230. The third kappa shape index (κ3) is 3.91. The molecule has 132 valence electrons. The van der Waals surface area contributed by atoms with E-state index >= 15 is 0 Å². The van der Waals surface area contributed by atoms with Crippen LogP contribution in [-0.2, 0) is 0 Å². The van der Waals surface area contributed by atoms with E-state index in [4.69, 9.17) is 4.42 Å². The molecule has 0 saturated heterocycles. The molecule has 0 N–H and O–H groups in total. The maximum atomic E-state index is 13.2.